The van der Waals surface area contributed by atoms with Crippen LogP contribution in [0.4, 0.5) is 0 Å². The lowest BCUT2D eigenvalue weighted by Gasteiger charge is -2.23. The second kappa shape index (κ2) is 3.93. The van der Waals surface area contributed by atoms with Crippen molar-refractivity contribution in [2.45, 2.75) is 26.2 Å². The van der Waals surface area contributed by atoms with E-state index in [2.05, 4.69) is 0 Å². The smallest absolute Gasteiger partial charge is 0.336 e. The van der Waals surface area contributed by atoms with Gasteiger partial charge in [0.1, 0.15) is 5.75 Å². The first-order chi connectivity index (χ1) is 6.88. The molecule has 0 amide bonds. The molecule has 1 rings (SSSR count). The summed E-state index contributed by atoms with van der Waals surface area (Å²) in [5, 5.41) is 9.09. The largest absolute Gasteiger partial charge is 0.496 e. The van der Waals surface area contributed by atoms with Crippen LogP contribution in [0.2, 0.25) is 0 Å². The quantitative estimate of drug-likeness (QED) is 0.812. The topological polar surface area (TPSA) is 46.5 Å². The number of benzene rings is 1. The van der Waals surface area contributed by atoms with Gasteiger partial charge in [-0.25, -0.2) is 4.79 Å². The predicted octanol–water partition coefficient (Wildman–Crippen LogP) is 2.69. The Hall–Kier alpha value is -1.51. The van der Waals surface area contributed by atoms with Crippen molar-refractivity contribution in [2.24, 2.45) is 0 Å². The number of carboxylic acid groups (broad SMARTS) is 1. The minimum atomic E-state index is -0.918. The number of hydrogen-bond donors (Lipinski definition) is 1. The Morgan fingerprint density at radius 1 is 1.33 bits per heavy atom. The summed E-state index contributed by atoms with van der Waals surface area (Å²) in [4.78, 5) is 11.1. The van der Waals surface area contributed by atoms with Gasteiger partial charge in [-0.1, -0.05) is 26.8 Å². The van der Waals surface area contributed by atoms with E-state index in [-0.39, 0.29) is 5.41 Å². The molecule has 1 aromatic carbocycles. The van der Waals surface area contributed by atoms with E-state index in [0.717, 1.165) is 5.56 Å². The Kier molecular flexibility index (Phi) is 3.03. The Bertz CT molecular complexity index is 375. The molecule has 0 unspecified atom stereocenters. The van der Waals surface area contributed by atoms with Gasteiger partial charge in [-0.15, -0.1) is 0 Å². The van der Waals surface area contributed by atoms with Crippen LogP contribution < -0.4 is 4.74 Å². The minimum Gasteiger partial charge on any atom is -0.496 e. The molecule has 1 N–H and O–H groups in total. The Morgan fingerprint density at radius 3 is 2.33 bits per heavy atom. The third-order valence-corrected chi connectivity index (χ3v) is 2.23. The summed E-state index contributed by atoms with van der Waals surface area (Å²) in [6.45, 7) is 5.91. The molecule has 0 saturated heterocycles. The van der Waals surface area contributed by atoms with E-state index in [1.54, 1.807) is 25.3 Å². The highest BCUT2D eigenvalue weighted by molar-refractivity contribution is 5.90. The molecule has 0 aliphatic rings. The SMILES string of the molecule is COc1cccc(C(=O)O)c1C(C)(C)C. The first-order valence-corrected chi connectivity index (χ1v) is 4.78. The van der Waals surface area contributed by atoms with Crippen LogP contribution in [-0.4, -0.2) is 18.2 Å². The summed E-state index contributed by atoms with van der Waals surface area (Å²) in [6.07, 6.45) is 0. The molecular weight excluding hydrogens is 192 g/mol. The van der Waals surface area contributed by atoms with Crippen molar-refractivity contribution >= 4 is 5.97 Å². The molecule has 0 atom stereocenters. The summed E-state index contributed by atoms with van der Waals surface area (Å²) in [6, 6.07) is 5.08. The van der Waals surface area contributed by atoms with Crippen molar-refractivity contribution in [1.82, 2.24) is 0 Å². The van der Waals surface area contributed by atoms with Crippen LogP contribution in [0.3, 0.4) is 0 Å². The van der Waals surface area contributed by atoms with Gasteiger partial charge in [-0.3, -0.25) is 0 Å². The maximum absolute atomic E-state index is 11.1. The van der Waals surface area contributed by atoms with Gasteiger partial charge in [0.15, 0.2) is 0 Å². The first-order valence-electron chi connectivity index (χ1n) is 4.78. The highest BCUT2D eigenvalue weighted by Crippen LogP contribution is 2.34. The molecule has 0 radical (unpaired) electrons. The molecule has 0 aliphatic carbocycles. The summed E-state index contributed by atoms with van der Waals surface area (Å²) in [7, 11) is 1.55. The van der Waals surface area contributed by atoms with Gasteiger partial charge < -0.3 is 9.84 Å². The number of hydrogen-bond acceptors (Lipinski definition) is 2. The standard InChI is InChI=1S/C12H16O3/c1-12(2,3)10-8(11(13)14)6-5-7-9(10)15-4/h5-7H,1-4H3,(H,13,14). The lowest BCUT2D eigenvalue weighted by molar-refractivity contribution is 0.0693. The van der Waals surface area contributed by atoms with Gasteiger partial charge in [0.2, 0.25) is 0 Å². The van der Waals surface area contributed by atoms with Crippen molar-refractivity contribution in [3.05, 3.63) is 29.3 Å². The second-order valence-electron chi connectivity index (χ2n) is 4.44. The molecule has 0 saturated carbocycles. The zero-order chi connectivity index (χ0) is 11.6. The number of carbonyl (C=O) groups is 1. The fourth-order valence-electron chi connectivity index (χ4n) is 1.65. The molecule has 0 bridgehead atoms. The van der Waals surface area contributed by atoms with E-state index in [9.17, 15) is 4.79 Å². The molecule has 0 heterocycles. The number of rotatable bonds is 2. The molecular formula is C12H16O3. The zero-order valence-corrected chi connectivity index (χ0v) is 9.50. The lowest BCUT2D eigenvalue weighted by Crippen LogP contribution is -2.18. The fraction of sp³-hybridized carbons (Fsp3) is 0.417. The third-order valence-electron chi connectivity index (χ3n) is 2.23. The molecule has 0 aliphatic heterocycles. The van der Waals surface area contributed by atoms with E-state index >= 15 is 0 Å². The van der Waals surface area contributed by atoms with E-state index in [0.29, 0.717) is 11.3 Å². The fourth-order valence-corrected chi connectivity index (χ4v) is 1.65. The van der Waals surface area contributed by atoms with Crippen LogP contribution in [0.5, 0.6) is 5.75 Å². The summed E-state index contributed by atoms with van der Waals surface area (Å²) in [5.74, 6) is -0.291. The van der Waals surface area contributed by atoms with E-state index in [1.807, 2.05) is 20.8 Å². The van der Waals surface area contributed by atoms with Crippen molar-refractivity contribution < 1.29 is 14.6 Å². The van der Waals surface area contributed by atoms with Gasteiger partial charge in [0.25, 0.3) is 0 Å². The van der Waals surface area contributed by atoms with Gasteiger partial charge in [0.05, 0.1) is 12.7 Å². The normalized spacial score (nSPS) is 11.2. The average molecular weight is 208 g/mol. The summed E-state index contributed by atoms with van der Waals surface area (Å²) < 4.78 is 5.20. The molecule has 82 valence electrons. The summed E-state index contributed by atoms with van der Waals surface area (Å²) >= 11 is 0. The molecule has 0 aromatic heterocycles. The lowest BCUT2D eigenvalue weighted by atomic mass is 9.83. The summed E-state index contributed by atoms with van der Waals surface area (Å²) in [5.41, 5.74) is 0.794. The van der Waals surface area contributed by atoms with Crippen molar-refractivity contribution in [2.75, 3.05) is 7.11 Å². The number of carboxylic acids is 1. The van der Waals surface area contributed by atoms with Gasteiger partial charge in [-0.2, -0.15) is 0 Å². The third kappa shape index (κ3) is 2.29. The number of aromatic carboxylic acids is 1. The molecule has 1 aromatic rings. The molecule has 15 heavy (non-hydrogen) atoms. The molecule has 0 spiro atoms. The van der Waals surface area contributed by atoms with E-state index in [1.165, 1.54) is 0 Å². The molecule has 3 heteroatoms. The average Bonchev–Trinajstić information content (AvgIpc) is 2.15. The highest BCUT2D eigenvalue weighted by atomic mass is 16.5. The maximum atomic E-state index is 11.1. The van der Waals surface area contributed by atoms with E-state index in [4.69, 9.17) is 9.84 Å². The molecule has 0 fully saturated rings. The van der Waals surface area contributed by atoms with Crippen LogP contribution in [0.1, 0.15) is 36.7 Å². The predicted molar refractivity (Wildman–Crippen MR) is 58.7 cm³/mol. The monoisotopic (exact) mass is 208 g/mol. The van der Waals surface area contributed by atoms with Crippen LogP contribution in [0.15, 0.2) is 18.2 Å². The Labute approximate surface area is 89.7 Å². The van der Waals surface area contributed by atoms with Gasteiger partial charge in [-0.05, 0) is 17.5 Å². The highest BCUT2D eigenvalue weighted by Gasteiger charge is 2.25. The minimum absolute atomic E-state index is 0.250. The second-order valence-corrected chi connectivity index (χ2v) is 4.44. The Morgan fingerprint density at radius 2 is 1.93 bits per heavy atom. The zero-order valence-electron chi connectivity index (χ0n) is 9.50. The van der Waals surface area contributed by atoms with Crippen LogP contribution in [0.25, 0.3) is 0 Å². The number of ether oxygens (including phenoxy) is 1. The van der Waals surface area contributed by atoms with Crippen molar-refractivity contribution in [1.29, 1.82) is 0 Å². The van der Waals surface area contributed by atoms with Crippen molar-refractivity contribution in [3.63, 3.8) is 0 Å². The van der Waals surface area contributed by atoms with E-state index < -0.39 is 5.97 Å². The molecule has 3 nitrogen and oxygen atoms in total. The first kappa shape index (κ1) is 11.6. The Balaban J connectivity index is 3.47. The van der Waals surface area contributed by atoms with Gasteiger partial charge in [0, 0.05) is 5.56 Å². The maximum Gasteiger partial charge on any atom is 0.336 e. The van der Waals surface area contributed by atoms with Crippen molar-refractivity contribution in [3.8, 4) is 5.75 Å². The van der Waals surface area contributed by atoms with Crippen LogP contribution in [0, 0.1) is 0 Å². The van der Waals surface area contributed by atoms with Gasteiger partial charge >= 0.3 is 5.97 Å². The van der Waals surface area contributed by atoms with Crippen LogP contribution >= 0.6 is 0 Å². The van der Waals surface area contributed by atoms with Crippen LogP contribution in [-0.2, 0) is 5.41 Å². The number of methoxy groups -OCH3 is 1.